The fourth-order valence-electron chi connectivity index (χ4n) is 4.09. The fourth-order valence-corrected chi connectivity index (χ4v) is 5.71. The van der Waals surface area contributed by atoms with Gasteiger partial charge in [-0.2, -0.15) is 0 Å². The van der Waals surface area contributed by atoms with Gasteiger partial charge in [-0.1, -0.05) is 41.9 Å². The third kappa shape index (κ3) is 6.45. The van der Waals surface area contributed by atoms with Gasteiger partial charge in [0.05, 0.1) is 35.0 Å². The summed E-state index contributed by atoms with van der Waals surface area (Å²) in [5.74, 6) is -0.816. The summed E-state index contributed by atoms with van der Waals surface area (Å²) < 4.78 is 39.2. The van der Waals surface area contributed by atoms with Crippen LogP contribution in [0.4, 0.5) is 11.4 Å². The van der Waals surface area contributed by atoms with Gasteiger partial charge < -0.3 is 20.1 Å². The number of ether oxygens (including phenoxy) is 2. The summed E-state index contributed by atoms with van der Waals surface area (Å²) in [6.07, 6.45) is 1.79. The van der Waals surface area contributed by atoms with Crippen molar-refractivity contribution in [3.63, 3.8) is 0 Å². The normalized spacial score (nSPS) is 15.1. The SMILES string of the molecule is COc1ccc(Cl)cc1N(CC(=O)Nc1ccccc1C(=O)NC[C@@H]1CCCO1)S(=O)(=O)c1ccccc1. The maximum atomic E-state index is 13.7. The van der Waals surface area contributed by atoms with Crippen molar-refractivity contribution in [1.82, 2.24) is 5.32 Å². The Labute approximate surface area is 226 Å². The van der Waals surface area contributed by atoms with Crippen molar-refractivity contribution >= 4 is 44.8 Å². The van der Waals surface area contributed by atoms with Crippen molar-refractivity contribution < 1.29 is 27.5 Å². The van der Waals surface area contributed by atoms with Crippen LogP contribution in [0, 0.1) is 0 Å². The smallest absolute Gasteiger partial charge is 0.264 e. The first-order chi connectivity index (χ1) is 18.3. The second-order valence-corrected chi connectivity index (χ2v) is 10.9. The van der Waals surface area contributed by atoms with Crippen LogP contribution in [0.2, 0.25) is 5.02 Å². The molecule has 2 amide bonds. The average Bonchev–Trinajstić information content (AvgIpc) is 3.45. The molecule has 1 atom stereocenters. The standard InChI is InChI=1S/C27H28ClN3O6S/c1-36-25-14-13-19(28)16-24(25)31(38(34,35)21-9-3-2-4-10-21)18-26(32)30-23-12-6-5-11-22(23)27(33)29-17-20-8-7-15-37-20/h2-6,9-14,16,20H,7-8,15,17-18H2,1H3,(H,29,33)(H,30,32)/t20-/m0/s1. The molecule has 200 valence electrons. The lowest BCUT2D eigenvalue weighted by Gasteiger charge is -2.26. The van der Waals surface area contributed by atoms with Crippen LogP contribution in [0.15, 0.2) is 77.7 Å². The number of hydrogen-bond donors (Lipinski definition) is 2. The number of nitrogens with one attached hydrogen (secondary N) is 2. The summed E-state index contributed by atoms with van der Waals surface area (Å²) in [5.41, 5.74) is 0.593. The van der Waals surface area contributed by atoms with Gasteiger partial charge in [-0.15, -0.1) is 0 Å². The third-order valence-corrected chi connectivity index (χ3v) is 8.00. The van der Waals surface area contributed by atoms with Crippen LogP contribution >= 0.6 is 11.6 Å². The third-order valence-electron chi connectivity index (χ3n) is 5.99. The first-order valence-corrected chi connectivity index (χ1v) is 13.8. The predicted octanol–water partition coefficient (Wildman–Crippen LogP) is 4.09. The second-order valence-electron chi connectivity index (χ2n) is 8.58. The van der Waals surface area contributed by atoms with Gasteiger partial charge >= 0.3 is 0 Å². The molecule has 38 heavy (non-hydrogen) atoms. The second kappa shape index (κ2) is 12.3. The average molecular weight is 558 g/mol. The number of halogens is 1. The number of methoxy groups -OCH3 is 1. The molecule has 0 aliphatic carbocycles. The predicted molar refractivity (Wildman–Crippen MR) is 145 cm³/mol. The van der Waals surface area contributed by atoms with Crippen LogP contribution in [0.5, 0.6) is 5.75 Å². The van der Waals surface area contributed by atoms with Gasteiger partial charge in [0.25, 0.3) is 15.9 Å². The Morgan fingerprint density at radius 2 is 1.82 bits per heavy atom. The van der Waals surface area contributed by atoms with Crippen LogP contribution in [0.25, 0.3) is 0 Å². The Morgan fingerprint density at radius 3 is 2.53 bits per heavy atom. The highest BCUT2D eigenvalue weighted by molar-refractivity contribution is 7.92. The number of nitrogens with zero attached hydrogens (tertiary/aromatic N) is 1. The molecule has 0 unspecified atom stereocenters. The van der Waals surface area contributed by atoms with Crippen LogP contribution in [0.1, 0.15) is 23.2 Å². The van der Waals surface area contributed by atoms with Gasteiger partial charge in [-0.05, 0) is 55.3 Å². The zero-order valence-electron chi connectivity index (χ0n) is 20.7. The first kappa shape index (κ1) is 27.4. The van der Waals surface area contributed by atoms with Crippen molar-refractivity contribution in [1.29, 1.82) is 0 Å². The van der Waals surface area contributed by atoms with Gasteiger partial charge in [0, 0.05) is 18.2 Å². The van der Waals surface area contributed by atoms with Gasteiger partial charge in [-0.3, -0.25) is 13.9 Å². The molecule has 9 nitrogen and oxygen atoms in total. The van der Waals surface area contributed by atoms with Crippen LogP contribution in [0.3, 0.4) is 0 Å². The number of para-hydroxylation sites is 1. The van der Waals surface area contributed by atoms with Crippen LogP contribution < -0.4 is 19.7 Å². The minimum atomic E-state index is -4.19. The Hall–Kier alpha value is -3.60. The monoisotopic (exact) mass is 557 g/mol. The number of hydrogen-bond acceptors (Lipinski definition) is 6. The van der Waals surface area contributed by atoms with Crippen molar-refractivity contribution in [3.05, 3.63) is 83.4 Å². The number of anilines is 2. The van der Waals surface area contributed by atoms with Crippen molar-refractivity contribution in [2.45, 2.75) is 23.8 Å². The highest BCUT2D eigenvalue weighted by Gasteiger charge is 2.30. The molecule has 0 bridgehead atoms. The summed E-state index contributed by atoms with van der Waals surface area (Å²) in [7, 11) is -2.80. The van der Waals surface area contributed by atoms with Gasteiger partial charge in [0.1, 0.15) is 12.3 Å². The van der Waals surface area contributed by atoms with Crippen molar-refractivity contribution in [2.75, 3.05) is 36.4 Å². The molecule has 4 rings (SSSR count). The van der Waals surface area contributed by atoms with E-state index in [1.165, 1.54) is 31.4 Å². The van der Waals surface area contributed by atoms with E-state index in [4.69, 9.17) is 21.1 Å². The van der Waals surface area contributed by atoms with Crippen LogP contribution in [-0.2, 0) is 19.6 Å². The summed E-state index contributed by atoms with van der Waals surface area (Å²) >= 11 is 6.18. The molecule has 3 aromatic carbocycles. The van der Waals surface area contributed by atoms with E-state index in [0.717, 1.165) is 17.1 Å². The molecule has 0 radical (unpaired) electrons. The minimum absolute atomic E-state index is 0.0104. The maximum Gasteiger partial charge on any atom is 0.264 e. The molecule has 1 aliphatic rings. The number of benzene rings is 3. The van der Waals surface area contributed by atoms with E-state index in [-0.39, 0.29) is 44.6 Å². The highest BCUT2D eigenvalue weighted by atomic mass is 35.5. The van der Waals surface area contributed by atoms with Gasteiger partial charge in [0.15, 0.2) is 0 Å². The lowest BCUT2D eigenvalue weighted by atomic mass is 10.1. The maximum absolute atomic E-state index is 13.7. The molecule has 0 saturated carbocycles. The van der Waals surface area contributed by atoms with E-state index in [1.54, 1.807) is 48.5 Å². The topological polar surface area (TPSA) is 114 Å². The number of amides is 2. The molecule has 1 heterocycles. The van der Waals surface area contributed by atoms with E-state index in [9.17, 15) is 18.0 Å². The Balaban J connectivity index is 1.60. The van der Waals surface area contributed by atoms with E-state index >= 15 is 0 Å². The van der Waals surface area contributed by atoms with Crippen molar-refractivity contribution in [2.24, 2.45) is 0 Å². The molecule has 11 heteroatoms. The number of carbonyl (C=O) groups excluding carboxylic acids is 2. The molecular formula is C27H28ClN3O6S. The number of rotatable bonds is 10. The van der Waals surface area contributed by atoms with Gasteiger partial charge in [0.2, 0.25) is 5.91 Å². The largest absolute Gasteiger partial charge is 0.495 e. The molecule has 3 aromatic rings. The lowest BCUT2D eigenvalue weighted by molar-refractivity contribution is -0.114. The number of carbonyl (C=O) groups is 2. The molecule has 0 spiro atoms. The van der Waals surface area contributed by atoms with Crippen LogP contribution in [-0.4, -0.2) is 53.1 Å². The quantitative estimate of drug-likeness (QED) is 0.388. The zero-order chi connectivity index (χ0) is 27.1. The van der Waals surface area contributed by atoms with E-state index < -0.39 is 22.5 Å². The summed E-state index contributed by atoms with van der Waals surface area (Å²) in [4.78, 5) is 26.1. The molecule has 1 fully saturated rings. The zero-order valence-corrected chi connectivity index (χ0v) is 22.3. The van der Waals surface area contributed by atoms with E-state index in [0.29, 0.717) is 13.2 Å². The first-order valence-electron chi connectivity index (χ1n) is 12.0. The summed E-state index contributed by atoms with van der Waals surface area (Å²) in [6.45, 7) is 0.436. The van der Waals surface area contributed by atoms with Crippen molar-refractivity contribution in [3.8, 4) is 5.75 Å². The fraction of sp³-hybridized carbons (Fsp3) is 0.259. The highest BCUT2D eigenvalue weighted by Crippen LogP contribution is 2.35. The molecule has 1 saturated heterocycles. The lowest BCUT2D eigenvalue weighted by Crippen LogP contribution is -2.39. The van der Waals surface area contributed by atoms with Gasteiger partial charge in [-0.25, -0.2) is 8.42 Å². The Morgan fingerprint density at radius 1 is 1.08 bits per heavy atom. The molecular weight excluding hydrogens is 530 g/mol. The van der Waals surface area contributed by atoms with E-state index in [2.05, 4.69) is 10.6 Å². The molecule has 2 N–H and O–H groups in total. The molecule has 0 aromatic heterocycles. The summed E-state index contributed by atoms with van der Waals surface area (Å²) in [5, 5.41) is 5.79. The summed E-state index contributed by atoms with van der Waals surface area (Å²) in [6, 6.07) is 18.8. The van der Waals surface area contributed by atoms with E-state index in [1.807, 2.05) is 0 Å². The Bertz CT molecular complexity index is 1390. The minimum Gasteiger partial charge on any atom is -0.495 e. The number of sulfonamides is 1. The molecule has 1 aliphatic heterocycles. The Kier molecular flexibility index (Phi) is 8.88.